The first-order valence-electron chi connectivity index (χ1n) is 9.66. The van der Waals surface area contributed by atoms with Gasteiger partial charge in [0, 0.05) is 12.1 Å². The molecule has 1 aliphatic carbocycles. The first-order chi connectivity index (χ1) is 14.5. The summed E-state index contributed by atoms with van der Waals surface area (Å²) in [5, 5.41) is 9.40. The highest BCUT2D eigenvalue weighted by Gasteiger charge is 2.41. The molecule has 152 valence electrons. The van der Waals surface area contributed by atoms with Gasteiger partial charge >= 0.3 is 5.97 Å². The van der Waals surface area contributed by atoms with Gasteiger partial charge in [0.25, 0.3) is 0 Å². The van der Waals surface area contributed by atoms with Gasteiger partial charge in [0.05, 0.1) is 29.2 Å². The summed E-state index contributed by atoms with van der Waals surface area (Å²) in [4.78, 5) is 42.9. The number of anilines is 1. The van der Waals surface area contributed by atoms with Gasteiger partial charge in [0.1, 0.15) is 11.1 Å². The molecule has 0 spiro atoms. The van der Waals surface area contributed by atoms with Crippen molar-refractivity contribution in [3.05, 3.63) is 52.7 Å². The van der Waals surface area contributed by atoms with Crippen molar-refractivity contribution >= 4 is 35.2 Å². The highest BCUT2D eigenvalue weighted by atomic mass is 32.2. The van der Waals surface area contributed by atoms with Crippen LogP contribution in [0.25, 0.3) is 0 Å². The minimum atomic E-state index is -0.640. The Morgan fingerprint density at radius 2 is 1.97 bits per heavy atom. The summed E-state index contributed by atoms with van der Waals surface area (Å²) in [5.41, 5.74) is 3.27. The normalized spacial score (nSPS) is 18.1. The Labute approximate surface area is 178 Å². The number of hydrogen-bond acceptors (Lipinski definition) is 7. The number of hydrogen-bond donors (Lipinski definition) is 0. The number of carbonyl (C=O) groups excluding carboxylic acids is 3. The SMILES string of the molecule is COC(=O)c1ccc(N2C(=O)CC(Sc3nc4c(cc3C#N)CCCC4)C2=O)cc1. The Morgan fingerprint density at radius 1 is 1.23 bits per heavy atom. The molecule has 8 heteroatoms. The number of esters is 1. The molecule has 1 aromatic heterocycles. The van der Waals surface area contributed by atoms with E-state index in [1.165, 1.54) is 31.0 Å². The van der Waals surface area contributed by atoms with Crippen LogP contribution in [-0.4, -0.2) is 35.1 Å². The van der Waals surface area contributed by atoms with E-state index in [1.807, 2.05) is 6.07 Å². The topological polar surface area (TPSA) is 100 Å². The number of fused-ring (bicyclic) bond motifs is 1. The molecule has 1 saturated heterocycles. The van der Waals surface area contributed by atoms with Crippen LogP contribution in [0.1, 0.15) is 46.4 Å². The van der Waals surface area contributed by atoms with Crippen molar-refractivity contribution in [2.75, 3.05) is 12.0 Å². The molecule has 2 amide bonds. The van der Waals surface area contributed by atoms with Gasteiger partial charge in [0.2, 0.25) is 11.8 Å². The zero-order valence-electron chi connectivity index (χ0n) is 16.4. The number of thioether (sulfide) groups is 1. The zero-order valence-corrected chi connectivity index (χ0v) is 17.2. The lowest BCUT2D eigenvalue weighted by Crippen LogP contribution is -2.31. The Kier molecular flexibility index (Phi) is 5.55. The van der Waals surface area contributed by atoms with Crippen LogP contribution in [-0.2, 0) is 27.2 Å². The number of aromatic nitrogens is 1. The number of nitrogens with zero attached hydrogens (tertiary/aromatic N) is 3. The number of rotatable bonds is 4. The lowest BCUT2D eigenvalue weighted by atomic mass is 9.95. The van der Waals surface area contributed by atoms with Crippen LogP contribution in [0.3, 0.4) is 0 Å². The molecule has 1 aromatic carbocycles. The Hall–Kier alpha value is -3.18. The smallest absolute Gasteiger partial charge is 0.337 e. The summed E-state index contributed by atoms with van der Waals surface area (Å²) in [5.74, 6) is -1.16. The summed E-state index contributed by atoms with van der Waals surface area (Å²) >= 11 is 1.18. The van der Waals surface area contributed by atoms with Crippen molar-refractivity contribution in [2.24, 2.45) is 0 Å². The monoisotopic (exact) mass is 421 g/mol. The van der Waals surface area contributed by atoms with E-state index in [0.717, 1.165) is 41.8 Å². The molecule has 0 N–H and O–H groups in total. The summed E-state index contributed by atoms with van der Waals surface area (Å²) in [6.07, 6.45) is 3.96. The molecular formula is C22H19N3O4S. The average molecular weight is 421 g/mol. The molecule has 7 nitrogen and oxygen atoms in total. The highest BCUT2D eigenvalue weighted by Crippen LogP contribution is 2.36. The van der Waals surface area contributed by atoms with E-state index >= 15 is 0 Å². The summed E-state index contributed by atoms with van der Waals surface area (Å²) in [7, 11) is 1.29. The molecule has 0 saturated carbocycles. The van der Waals surface area contributed by atoms with E-state index in [4.69, 9.17) is 0 Å². The van der Waals surface area contributed by atoms with E-state index in [9.17, 15) is 19.6 Å². The van der Waals surface area contributed by atoms with Crippen LogP contribution in [0, 0.1) is 11.3 Å². The number of ether oxygens (including phenoxy) is 1. The van der Waals surface area contributed by atoms with E-state index in [0.29, 0.717) is 21.8 Å². The van der Waals surface area contributed by atoms with Crippen LogP contribution < -0.4 is 4.90 Å². The van der Waals surface area contributed by atoms with Crippen molar-refractivity contribution < 1.29 is 19.1 Å². The first kappa shape index (κ1) is 20.1. The Bertz CT molecular complexity index is 1080. The van der Waals surface area contributed by atoms with Crippen LogP contribution in [0.5, 0.6) is 0 Å². The third-order valence-corrected chi connectivity index (χ3v) is 6.48. The maximum atomic E-state index is 13.0. The predicted molar refractivity (Wildman–Crippen MR) is 110 cm³/mol. The van der Waals surface area contributed by atoms with E-state index < -0.39 is 11.2 Å². The number of amides is 2. The fraction of sp³-hybridized carbons (Fsp3) is 0.318. The second-order valence-corrected chi connectivity index (χ2v) is 8.37. The minimum Gasteiger partial charge on any atom is -0.465 e. The van der Waals surface area contributed by atoms with Crippen molar-refractivity contribution in [1.82, 2.24) is 4.98 Å². The van der Waals surface area contributed by atoms with Crippen molar-refractivity contribution in [3.63, 3.8) is 0 Å². The standard InChI is InChI=1S/C22H19N3O4S/c1-29-22(28)13-6-8-16(9-7-13)25-19(26)11-18(21(25)27)30-20-15(12-23)10-14-4-2-3-5-17(14)24-20/h6-10,18H,2-5,11H2,1H3. The fourth-order valence-corrected chi connectivity index (χ4v) is 4.85. The molecule has 1 fully saturated rings. The highest BCUT2D eigenvalue weighted by molar-refractivity contribution is 8.00. The molecule has 1 unspecified atom stereocenters. The first-order valence-corrected chi connectivity index (χ1v) is 10.5. The van der Waals surface area contributed by atoms with Crippen LogP contribution in [0.4, 0.5) is 5.69 Å². The Morgan fingerprint density at radius 3 is 2.67 bits per heavy atom. The fourth-order valence-electron chi connectivity index (χ4n) is 3.75. The zero-order chi connectivity index (χ0) is 21.3. The van der Waals surface area contributed by atoms with Crippen molar-refractivity contribution in [1.29, 1.82) is 5.26 Å². The molecule has 1 atom stereocenters. The van der Waals surface area contributed by atoms with Crippen molar-refractivity contribution in [3.8, 4) is 6.07 Å². The number of imide groups is 1. The number of nitriles is 1. The molecule has 0 radical (unpaired) electrons. The molecule has 4 rings (SSSR count). The maximum Gasteiger partial charge on any atom is 0.337 e. The number of carbonyl (C=O) groups is 3. The van der Waals surface area contributed by atoms with Crippen LogP contribution in [0.15, 0.2) is 35.4 Å². The van der Waals surface area contributed by atoms with E-state index in [1.54, 1.807) is 12.1 Å². The number of methoxy groups -OCH3 is 1. The van der Waals surface area contributed by atoms with Gasteiger partial charge in [-0.25, -0.2) is 14.7 Å². The quantitative estimate of drug-likeness (QED) is 0.552. The number of benzene rings is 1. The molecule has 2 heterocycles. The van der Waals surface area contributed by atoms with E-state index in [2.05, 4.69) is 15.8 Å². The molecular weight excluding hydrogens is 402 g/mol. The van der Waals surface area contributed by atoms with Gasteiger partial charge in [-0.3, -0.25) is 9.59 Å². The Balaban J connectivity index is 1.56. The molecule has 30 heavy (non-hydrogen) atoms. The van der Waals surface area contributed by atoms with Crippen LogP contribution >= 0.6 is 11.8 Å². The molecule has 2 aromatic rings. The van der Waals surface area contributed by atoms with Gasteiger partial charge in [-0.1, -0.05) is 11.8 Å². The third-order valence-electron chi connectivity index (χ3n) is 5.29. The molecule has 2 aliphatic rings. The van der Waals surface area contributed by atoms with Gasteiger partial charge in [-0.05, 0) is 61.6 Å². The number of pyridine rings is 1. The third kappa shape index (κ3) is 3.68. The summed E-state index contributed by atoms with van der Waals surface area (Å²) in [6, 6.07) is 10.2. The maximum absolute atomic E-state index is 13.0. The minimum absolute atomic E-state index is 0.0336. The summed E-state index contributed by atoms with van der Waals surface area (Å²) in [6.45, 7) is 0. The summed E-state index contributed by atoms with van der Waals surface area (Å²) < 4.78 is 4.67. The van der Waals surface area contributed by atoms with Gasteiger partial charge in [-0.2, -0.15) is 5.26 Å². The number of aryl methyl sites for hydroxylation is 2. The van der Waals surface area contributed by atoms with Gasteiger partial charge in [-0.15, -0.1) is 0 Å². The second-order valence-electron chi connectivity index (χ2n) is 7.18. The predicted octanol–water partition coefficient (Wildman–Crippen LogP) is 3.04. The van der Waals surface area contributed by atoms with Gasteiger partial charge < -0.3 is 4.74 Å². The largest absolute Gasteiger partial charge is 0.465 e. The second kappa shape index (κ2) is 8.28. The average Bonchev–Trinajstić information content (AvgIpc) is 3.05. The molecule has 0 bridgehead atoms. The van der Waals surface area contributed by atoms with Crippen LogP contribution in [0.2, 0.25) is 0 Å². The molecule has 1 aliphatic heterocycles. The lowest BCUT2D eigenvalue weighted by molar-refractivity contribution is -0.121. The van der Waals surface area contributed by atoms with E-state index in [-0.39, 0.29) is 18.2 Å². The lowest BCUT2D eigenvalue weighted by Gasteiger charge is -2.18. The van der Waals surface area contributed by atoms with Crippen molar-refractivity contribution in [2.45, 2.75) is 42.4 Å². The van der Waals surface area contributed by atoms with Gasteiger partial charge in [0.15, 0.2) is 0 Å².